The molecule has 1 saturated carbocycles. The van der Waals surface area contributed by atoms with Crippen LogP contribution in [0.25, 0.3) is 0 Å². The van der Waals surface area contributed by atoms with Crippen LogP contribution in [0, 0.1) is 33.5 Å². The molecule has 3 atom stereocenters. The van der Waals surface area contributed by atoms with Gasteiger partial charge in [-0.1, -0.05) is 12.1 Å². The van der Waals surface area contributed by atoms with Crippen molar-refractivity contribution >= 4 is 5.84 Å². The maximum atomic E-state index is 9.96. The molecule has 2 N–H and O–H groups in total. The summed E-state index contributed by atoms with van der Waals surface area (Å²) in [6.45, 7) is 3.11. The van der Waals surface area contributed by atoms with Crippen LogP contribution in [0.2, 0.25) is 0 Å². The molecule has 4 rings (SSSR count). The maximum Gasteiger partial charge on any atom is 0.293 e. The molecule has 24 heavy (non-hydrogen) atoms. The molecule has 0 amide bonds. The number of amidine groups is 1. The zero-order valence-corrected chi connectivity index (χ0v) is 13.2. The van der Waals surface area contributed by atoms with Crippen molar-refractivity contribution in [3.8, 4) is 17.9 Å². The Morgan fingerprint density at radius 3 is 2.46 bits per heavy atom. The Hall–Kier alpha value is -2.61. The molecule has 1 aliphatic carbocycles. The van der Waals surface area contributed by atoms with Gasteiger partial charge in [0.1, 0.15) is 17.0 Å². The fourth-order valence-corrected chi connectivity index (χ4v) is 4.14. The van der Waals surface area contributed by atoms with Gasteiger partial charge >= 0.3 is 0 Å². The molecule has 2 aliphatic heterocycles. The Morgan fingerprint density at radius 1 is 1.25 bits per heavy atom. The second kappa shape index (κ2) is 4.70. The van der Waals surface area contributed by atoms with E-state index in [9.17, 15) is 10.5 Å². The summed E-state index contributed by atoms with van der Waals surface area (Å²) in [6, 6.07) is 11.8. The van der Waals surface area contributed by atoms with Crippen molar-refractivity contribution in [3.63, 3.8) is 0 Å². The molecule has 1 spiro atoms. The fraction of sp³-hybridized carbons (Fsp3) is 0.471. The van der Waals surface area contributed by atoms with Crippen LogP contribution in [0.4, 0.5) is 0 Å². The number of rotatable bonds is 3. The lowest BCUT2D eigenvalue weighted by molar-refractivity contribution is -0.184. The number of hydrogen-bond donors (Lipinski definition) is 1. The summed E-state index contributed by atoms with van der Waals surface area (Å²) in [5.41, 5.74) is 4.41. The standard InChI is InChI=1S/C17H16N4O3/c1-2-22-12-5-3-11(4-6-12)13-15(9-18)14(20)21-17(16(13,15)10-19)23-7-8-24-17/h3-6,13H,2,7-8H2,1H3,(H2,20,21)/t13-,15-,16-/m1/s1. The van der Waals surface area contributed by atoms with Gasteiger partial charge < -0.3 is 19.9 Å². The van der Waals surface area contributed by atoms with Gasteiger partial charge in [-0.25, -0.2) is 4.99 Å². The van der Waals surface area contributed by atoms with Crippen LogP contribution in [0.5, 0.6) is 5.75 Å². The number of ether oxygens (including phenoxy) is 3. The minimum Gasteiger partial charge on any atom is -0.494 e. The molecular formula is C17H16N4O3. The van der Waals surface area contributed by atoms with Crippen LogP contribution in [-0.2, 0) is 9.47 Å². The molecular weight excluding hydrogens is 308 g/mol. The minimum absolute atomic E-state index is 0.104. The molecule has 7 heteroatoms. The van der Waals surface area contributed by atoms with Gasteiger partial charge in [-0.05, 0) is 24.6 Å². The van der Waals surface area contributed by atoms with Crippen molar-refractivity contribution in [3.05, 3.63) is 29.8 Å². The summed E-state index contributed by atoms with van der Waals surface area (Å²) < 4.78 is 16.8. The van der Waals surface area contributed by atoms with E-state index in [2.05, 4.69) is 17.1 Å². The van der Waals surface area contributed by atoms with Crippen molar-refractivity contribution in [1.82, 2.24) is 0 Å². The second-order valence-corrected chi connectivity index (χ2v) is 6.05. The van der Waals surface area contributed by atoms with E-state index in [1.807, 2.05) is 31.2 Å². The molecule has 0 aromatic heterocycles. The maximum absolute atomic E-state index is 9.96. The van der Waals surface area contributed by atoms with E-state index in [-0.39, 0.29) is 5.84 Å². The summed E-state index contributed by atoms with van der Waals surface area (Å²) in [4.78, 5) is 4.24. The molecule has 122 valence electrons. The zero-order chi connectivity index (χ0) is 17.0. The monoisotopic (exact) mass is 324 g/mol. The average Bonchev–Trinajstić information content (AvgIpc) is 2.84. The van der Waals surface area contributed by atoms with Gasteiger partial charge in [0, 0.05) is 5.92 Å². The number of aliphatic imine (C=N–C) groups is 1. The van der Waals surface area contributed by atoms with E-state index in [4.69, 9.17) is 19.9 Å². The van der Waals surface area contributed by atoms with Gasteiger partial charge in [0.2, 0.25) is 0 Å². The Labute approximate surface area is 139 Å². The summed E-state index contributed by atoms with van der Waals surface area (Å²) in [5, 5.41) is 19.8. The van der Waals surface area contributed by atoms with Gasteiger partial charge in [0.05, 0.1) is 32.0 Å². The van der Waals surface area contributed by atoms with E-state index in [1.165, 1.54) is 0 Å². The number of nitriles is 2. The Balaban J connectivity index is 1.82. The lowest BCUT2D eigenvalue weighted by atomic mass is 9.94. The van der Waals surface area contributed by atoms with E-state index in [0.717, 1.165) is 11.3 Å². The normalized spacial score (nSPS) is 35.0. The lowest BCUT2D eigenvalue weighted by Gasteiger charge is -2.25. The van der Waals surface area contributed by atoms with Crippen LogP contribution >= 0.6 is 0 Å². The molecule has 0 unspecified atom stereocenters. The van der Waals surface area contributed by atoms with Crippen LogP contribution in [-0.4, -0.2) is 31.6 Å². The Morgan fingerprint density at radius 2 is 1.92 bits per heavy atom. The first-order valence-electron chi connectivity index (χ1n) is 7.81. The summed E-state index contributed by atoms with van der Waals surface area (Å²) in [7, 11) is 0. The van der Waals surface area contributed by atoms with E-state index in [0.29, 0.717) is 19.8 Å². The number of benzene rings is 1. The second-order valence-electron chi connectivity index (χ2n) is 6.05. The van der Waals surface area contributed by atoms with Gasteiger partial charge in [-0.15, -0.1) is 0 Å². The molecule has 1 aromatic rings. The summed E-state index contributed by atoms with van der Waals surface area (Å²) in [6.07, 6.45) is 0. The third kappa shape index (κ3) is 1.40. The fourth-order valence-electron chi connectivity index (χ4n) is 4.14. The summed E-state index contributed by atoms with van der Waals surface area (Å²) in [5.74, 6) is -1.10. The number of nitrogens with two attached hydrogens (primary N) is 1. The number of nitrogens with zero attached hydrogens (tertiary/aromatic N) is 3. The third-order valence-corrected chi connectivity index (χ3v) is 5.13. The van der Waals surface area contributed by atoms with Crippen molar-refractivity contribution < 1.29 is 14.2 Å². The SMILES string of the molecule is CCOc1ccc([C@@H]2[C@]3(C#N)C(N)=NC4(OCCO4)[C@]23C#N)cc1. The van der Waals surface area contributed by atoms with E-state index >= 15 is 0 Å². The van der Waals surface area contributed by atoms with Gasteiger partial charge in [0.25, 0.3) is 5.91 Å². The molecule has 0 radical (unpaired) electrons. The molecule has 0 bridgehead atoms. The van der Waals surface area contributed by atoms with Crippen LogP contribution in [0.15, 0.2) is 29.3 Å². The molecule has 1 aromatic carbocycles. The molecule has 3 aliphatic rings. The smallest absolute Gasteiger partial charge is 0.293 e. The van der Waals surface area contributed by atoms with Crippen LogP contribution in [0.3, 0.4) is 0 Å². The highest BCUT2D eigenvalue weighted by atomic mass is 16.8. The van der Waals surface area contributed by atoms with Crippen molar-refractivity contribution in [2.24, 2.45) is 21.6 Å². The van der Waals surface area contributed by atoms with Gasteiger partial charge in [0.15, 0.2) is 5.41 Å². The quantitative estimate of drug-likeness (QED) is 0.895. The highest BCUT2D eigenvalue weighted by molar-refractivity contribution is 6.00. The highest BCUT2D eigenvalue weighted by Crippen LogP contribution is 2.82. The van der Waals surface area contributed by atoms with Crippen molar-refractivity contribution in [2.45, 2.75) is 18.8 Å². The molecule has 7 nitrogen and oxygen atoms in total. The first-order chi connectivity index (χ1) is 11.6. The van der Waals surface area contributed by atoms with Crippen molar-refractivity contribution in [1.29, 1.82) is 10.5 Å². The Kier molecular flexibility index (Phi) is 2.93. The van der Waals surface area contributed by atoms with Gasteiger partial charge in [-0.2, -0.15) is 10.5 Å². The predicted octanol–water partition coefficient (Wildman–Crippen LogP) is 1.27. The van der Waals surface area contributed by atoms with Crippen LogP contribution < -0.4 is 10.5 Å². The summed E-state index contributed by atoms with van der Waals surface area (Å²) >= 11 is 0. The third-order valence-electron chi connectivity index (χ3n) is 5.13. The van der Waals surface area contributed by atoms with E-state index < -0.39 is 22.7 Å². The van der Waals surface area contributed by atoms with Gasteiger partial charge in [-0.3, -0.25) is 0 Å². The minimum atomic E-state index is -1.48. The Bertz CT molecular complexity index is 801. The first kappa shape index (κ1) is 14.9. The largest absolute Gasteiger partial charge is 0.494 e. The average molecular weight is 324 g/mol. The number of hydrogen-bond acceptors (Lipinski definition) is 7. The zero-order valence-electron chi connectivity index (χ0n) is 13.2. The van der Waals surface area contributed by atoms with E-state index in [1.54, 1.807) is 0 Å². The molecule has 2 fully saturated rings. The highest BCUT2D eigenvalue weighted by Gasteiger charge is 2.94. The molecule has 1 saturated heterocycles. The van der Waals surface area contributed by atoms with Crippen LogP contribution in [0.1, 0.15) is 18.4 Å². The lowest BCUT2D eigenvalue weighted by Crippen LogP contribution is -2.38. The predicted molar refractivity (Wildman–Crippen MR) is 82.7 cm³/mol. The first-order valence-corrected chi connectivity index (χ1v) is 7.81. The number of fused-ring (bicyclic) bond motifs is 2. The van der Waals surface area contributed by atoms with Crippen molar-refractivity contribution in [2.75, 3.05) is 19.8 Å². The molecule has 2 heterocycles. The topological polar surface area (TPSA) is 114 Å².